The quantitative estimate of drug-likeness (QED) is 0.524. The van der Waals surface area contributed by atoms with E-state index in [1.165, 1.54) is 0 Å². The molecular formula is C9H16N. The Morgan fingerprint density at radius 1 is 1.30 bits per heavy atom. The van der Waals surface area contributed by atoms with Crippen LogP contribution < -0.4 is 0 Å². The third-order valence-corrected chi connectivity index (χ3v) is 1.35. The molecule has 0 fully saturated rings. The van der Waals surface area contributed by atoms with Crippen LogP contribution in [0.3, 0.4) is 0 Å². The Balaban J connectivity index is 3.70. The molecular weight excluding hydrogens is 122 g/mol. The maximum absolute atomic E-state index is 3.91. The fraction of sp³-hybridized carbons (Fsp3) is 0.444. The molecule has 1 heteroatoms. The summed E-state index contributed by atoms with van der Waals surface area (Å²) in [5, 5.41) is 0. The minimum absolute atomic E-state index is 0.330. The SMILES string of the molecule is [CH2]C(C)N(CC=C)CC=C. The molecule has 1 radical (unpaired) electrons. The van der Waals surface area contributed by atoms with Crippen LogP contribution >= 0.6 is 0 Å². The first-order valence-electron chi connectivity index (χ1n) is 3.51. The fourth-order valence-electron chi connectivity index (χ4n) is 0.766. The van der Waals surface area contributed by atoms with Crippen molar-refractivity contribution in [1.82, 2.24) is 4.90 Å². The third kappa shape index (κ3) is 3.46. The molecule has 0 amide bonds. The molecule has 1 nitrogen and oxygen atoms in total. The summed E-state index contributed by atoms with van der Waals surface area (Å²) in [7, 11) is 0. The minimum atomic E-state index is 0.330. The van der Waals surface area contributed by atoms with Crippen LogP contribution in [0.4, 0.5) is 0 Å². The highest BCUT2D eigenvalue weighted by Gasteiger charge is 2.03. The molecule has 0 aliphatic heterocycles. The summed E-state index contributed by atoms with van der Waals surface area (Å²) in [5.41, 5.74) is 0. The summed E-state index contributed by atoms with van der Waals surface area (Å²) >= 11 is 0. The van der Waals surface area contributed by atoms with Crippen molar-refractivity contribution in [1.29, 1.82) is 0 Å². The molecule has 0 N–H and O–H groups in total. The molecule has 0 aliphatic carbocycles. The maximum Gasteiger partial charge on any atom is 0.0166 e. The van der Waals surface area contributed by atoms with Gasteiger partial charge in [0, 0.05) is 19.1 Å². The summed E-state index contributed by atoms with van der Waals surface area (Å²) < 4.78 is 0. The van der Waals surface area contributed by atoms with Gasteiger partial charge in [0.2, 0.25) is 0 Å². The molecule has 0 aromatic rings. The summed E-state index contributed by atoms with van der Waals surface area (Å²) in [6, 6.07) is 0.330. The van der Waals surface area contributed by atoms with E-state index < -0.39 is 0 Å². The van der Waals surface area contributed by atoms with Crippen LogP contribution in [0.2, 0.25) is 0 Å². The number of hydrogen-bond donors (Lipinski definition) is 0. The summed E-state index contributed by atoms with van der Waals surface area (Å²) in [6.07, 6.45) is 3.76. The first-order chi connectivity index (χ1) is 4.72. The van der Waals surface area contributed by atoms with Gasteiger partial charge in [0.25, 0.3) is 0 Å². The average molecular weight is 138 g/mol. The van der Waals surface area contributed by atoms with Gasteiger partial charge in [-0.25, -0.2) is 0 Å². The van der Waals surface area contributed by atoms with Crippen molar-refractivity contribution in [3.05, 3.63) is 32.2 Å². The predicted octanol–water partition coefficient (Wildman–Crippen LogP) is 1.88. The smallest absolute Gasteiger partial charge is 0.0166 e. The van der Waals surface area contributed by atoms with Gasteiger partial charge in [-0.1, -0.05) is 12.2 Å². The molecule has 0 aromatic carbocycles. The average Bonchev–Trinajstić information content (AvgIpc) is 1.87. The maximum atomic E-state index is 3.91. The Morgan fingerprint density at radius 2 is 1.70 bits per heavy atom. The van der Waals surface area contributed by atoms with Gasteiger partial charge in [0.05, 0.1) is 0 Å². The zero-order valence-electron chi connectivity index (χ0n) is 6.71. The topological polar surface area (TPSA) is 3.24 Å². The van der Waals surface area contributed by atoms with E-state index in [9.17, 15) is 0 Å². The Hall–Kier alpha value is -0.560. The van der Waals surface area contributed by atoms with Gasteiger partial charge in [-0.05, 0) is 13.8 Å². The summed E-state index contributed by atoms with van der Waals surface area (Å²) in [5.74, 6) is 0. The highest BCUT2D eigenvalue weighted by Crippen LogP contribution is 1.96. The Kier molecular flexibility index (Phi) is 4.95. The minimum Gasteiger partial charge on any atom is -0.293 e. The lowest BCUT2D eigenvalue weighted by atomic mass is 10.3. The largest absolute Gasteiger partial charge is 0.293 e. The molecule has 0 aliphatic rings. The predicted molar refractivity (Wildman–Crippen MR) is 46.8 cm³/mol. The lowest BCUT2D eigenvalue weighted by molar-refractivity contribution is 0.295. The van der Waals surface area contributed by atoms with E-state index in [0.717, 1.165) is 13.1 Å². The van der Waals surface area contributed by atoms with Gasteiger partial charge in [-0.2, -0.15) is 0 Å². The molecule has 0 rings (SSSR count). The van der Waals surface area contributed by atoms with E-state index in [2.05, 4.69) is 31.9 Å². The Morgan fingerprint density at radius 3 is 1.90 bits per heavy atom. The molecule has 10 heavy (non-hydrogen) atoms. The van der Waals surface area contributed by atoms with Gasteiger partial charge >= 0.3 is 0 Å². The highest BCUT2D eigenvalue weighted by molar-refractivity contribution is 4.83. The molecule has 1 unspecified atom stereocenters. The van der Waals surface area contributed by atoms with E-state index in [1.54, 1.807) is 0 Å². The van der Waals surface area contributed by atoms with Crippen LogP contribution in [0.5, 0.6) is 0 Å². The summed E-state index contributed by atoms with van der Waals surface area (Å²) in [6.45, 7) is 15.1. The highest BCUT2D eigenvalue weighted by atomic mass is 15.1. The number of hydrogen-bond acceptors (Lipinski definition) is 1. The number of nitrogens with zero attached hydrogens (tertiary/aromatic N) is 1. The first-order valence-corrected chi connectivity index (χ1v) is 3.51. The van der Waals surface area contributed by atoms with Gasteiger partial charge in [-0.15, -0.1) is 13.2 Å². The van der Waals surface area contributed by atoms with Crippen molar-refractivity contribution >= 4 is 0 Å². The second-order valence-electron chi connectivity index (χ2n) is 2.38. The van der Waals surface area contributed by atoms with E-state index in [0.29, 0.717) is 6.04 Å². The molecule has 0 bridgehead atoms. The molecule has 0 spiro atoms. The lowest BCUT2D eigenvalue weighted by Crippen LogP contribution is -2.31. The van der Waals surface area contributed by atoms with E-state index >= 15 is 0 Å². The van der Waals surface area contributed by atoms with Gasteiger partial charge in [0.15, 0.2) is 0 Å². The first kappa shape index (κ1) is 9.44. The van der Waals surface area contributed by atoms with Gasteiger partial charge in [0.1, 0.15) is 0 Å². The van der Waals surface area contributed by atoms with Gasteiger partial charge < -0.3 is 0 Å². The van der Waals surface area contributed by atoms with Crippen molar-refractivity contribution < 1.29 is 0 Å². The van der Waals surface area contributed by atoms with Crippen LogP contribution in [0, 0.1) is 6.92 Å². The lowest BCUT2D eigenvalue weighted by Gasteiger charge is -2.22. The zero-order valence-corrected chi connectivity index (χ0v) is 6.71. The zero-order chi connectivity index (χ0) is 7.98. The van der Waals surface area contributed by atoms with Crippen LogP contribution in [-0.2, 0) is 0 Å². The second-order valence-corrected chi connectivity index (χ2v) is 2.38. The Labute approximate surface area is 64.0 Å². The van der Waals surface area contributed by atoms with E-state index in [1.807, 2.05) is 12.2 Å². The standard InChI is InChI=1S/C9H16N/c1-5-7-10(8-6-2)9(3)4/h5-6,9H,1-3,7-8H2,4H3. The normalized spacial score (nSPS) is 10.4. The molecule has 1 atom stereocenters. The van der Waals surface area contributed by atoms with Crippen molar-refractivity contribution in [2.45, 2.75) is 13.0 Å². The van der Waals surface area contributed by atoms with Crippen molar-refractivity contribution in [3.63, 3.8) is 0 Å². The van der Waals surface area contributed by atoms with Crippen LogP contribution in [0.15, 0.2) is 25.3 Å². The number of rotatable bonds is 5. The van der Waals surface area contributed by atoms with Crippen molar-refractivity contribution in [3.8, 4) is 0 Å². The molecule has 0 saturated carbocycles. The molecule has 0 saturated heterocycles. The fourth-order valence-corrected chi connectivity index (χ4v) is 0.766. The van der Waals surface area contributed by atoms with Gasteiger partial charge in [-0.3, -0.25) is 4.90 Å². The van der Waals surface area contributed by atoms with E-state index in [-0.39, 0.29) is 0 Å². The van der Waals surface area contributed by atoms with E-state index in [4.69, 9.17) is 0 Å². The van der Waals surface area contributed by atoms with Crippen LogP contribution in [-0.4, -0.2) is 24.0 Å². The Bertz CT molecular complexity index is 95.3. The van der Waals surface area contributed by atoms with Crippen LogP contribution in [0.1, 0.15) is 6.92 Å². The molecule has 57 valence electrons. The third-order valence-electron chi connectivity index (χ3n) is 1.35. The molecule has 0 aromatic heterocycles. The van der Waals surface area contributed by atoms with Crippen molar-refractivity contribution in [2.24, 2.45) is 0 Å². The van der Waals surface area contributed by atoms with Crippen LogP contribution in [0.25, 0.3) is 0 Å². The molecule has 0 heterocycles. The van der Waals surface area contributed by atoms with Crippen molar-refractivity contribution in [2.75, 3.05) is 13.1 Å². The summed E-state index contributed by atoms with van der Waals surface area (Å²) in [4.78, 5) is 2.18. The monoisotopic (exact) mass is 138 g/mol. The second kappa shape index (κ2) is 5.24.